The molecular formula is C33H27F7INO3. The number of methoxy groups -OCH3 is 1. The molecule has 0 spiro atoms. The van der Waals surface area contributed by atoms with Gasteiger partial charge in [0.25, 0.3) is 0 Å². The van der Waals surface area contributed by atoms with Gasteiger partial charge < -0.3 is 9.47 Å². The van der Waals surface area contributed by atoms with Crippen molar-refractivity contribution in [3.05, 3.63) is 97.9 Å². The minimum atomic E-state index is -5.07. The maximum atomic E-state index is 15.0. The number of benzene rings is 4. The summed E-state index contributed by atoms with van der Waals surface area (Å²) in [7, 11) is 1.39. The minimum absolute atomic E-state index is 0.0466. The number of fused-ring (bicyclic) bond motifs is 1. The Kier molecular flexibility index (Phi) is 8.51. The lowest BCUT2D eigenvalue weighted by Gasteiger charge is -2.34. The van der Waals surface area contributed by atoms with E-state index in [0.717, 1.165) is 19.2 Å². The van der Waals surface area contributed by atoms with Gasteiger partial charge in [0.15, 0.2) is 0 Å². The van der Waals surface area contributed by atoms with Crippen molar-refractivity contribution in [2.45, 2.75) is 51.1 Å². The number of cyclic esters (lactones) is 1. The number of alkyl halides is 6. The number of ether oxygens (including phenoxy) is 2. The third-order valence-electron chi connectivity index (χ3n) is 8.11. The van der Waals surface area contributed by atoms with Gasteiger partial charge >= 0.3 is 18.4 Å². The minimum Gasteiger partial charge on any atom is -0.496 e. The SMILES string of the molecule is COc1cc(F)c(C(C)C)cc1-c1cc2c(I)cccc2cc1CN1C(=O)OCC1(C)c1cc(C(F)(F)F)cc(C(F)(F)F)c1. The Morgan fingerprint density at radius 2 is 1.60 bits per heavy atom. The fourth-order valence-electron chi connectivity index (χ4n) is 5.58. The molecule has 1 atom stereocenters. The molecule has 1 aliphatic rings. The second kappa shape index (κ2) is 11.7. The summed E-state index contributed by atoms with van der Waals surface area (Å²) in [5, 5.41) is 1.62. The summed E-state index contributed by atoms with van der Waals surface area (Å²) in [4.78, 5) is 14.3. The molecular weight excluding hydrogens is 718 g/mol. The van der Waals surface area contributed by atoms with E-state index in [1.807, 2.05) is 38.1 Å². The quantitative estimate of drug-likeness (QED) is 0.146. The number of halogens is 8. The third-order valence-corrected chi connectivity index (χ3v) is 9.05. The van der Waals surface area contributed by atoms with E-state index in [-0.39, 0.29) is 29.8 Å². The van der Waals surface area contributed by atoms with Crippen molar-refractivity contribution in [1.29, 1.82) is 0 Å². The molecule has 45 heavy (non-hydrogen) atoms. The van der Waals surface area contributed by atoms with Crippen LogP contribution in [-0.2, 0) is 29.2 Å². The Morgan fingerprint density at radius 1 is 0.956 bits per heavy atom. The summed E-state index contributed by atoms with van der Waals surface area (Å²) in [6.45, 7) is 4.29. The number of carbonyl (C=O) groups is 1. The maximum Gasteiger partial charge on any atom is 0.416 e. The van der Waals surface area contributed by atoms with Crippen LogP contribution in [0.1, 0.15) is 54.5 Å². The molecule has 238 valence electrons. The maximum absolute atomic E-state index is 15.0. The highest BCUT2D eigenvalue weighted by atomic mass is 127. The largest absolute Gasteiger partial charge is 0.496 e. The molecule has 0 bridgehead atoms. The van der Waals surface area contributed by atoms with E-state index in [1.54, 1.807) is 12.1 Å². The molecule has 0 aliphatic carbocycles. The van der Waals surface area contributed by atoms with Gasteiger partial charge in [0.1, 0.15) is 23.7 Å². The average molecular weight is 745 g/mol. The molecule has 0 N–H and O–H groups in total. The molecule has 4 nitrogen and oxygen atoms in total. The third kappa shape index (κ3) is 6.17. The van der Waals surface area contributed by atoms with Gasteiger partial charge in [-0.05, 0) is 111 Å². The average Bonchev–Trinajstić information content (AvgIpc) is 3.25. The van der Waals surface area contributed by atoms with Crippen molar-refractivity contribution >= 4 is 39.5 Å². The molecule has 1 amide bonds. The van der Waals surface area contributed by atoms with Gasteiger partial charge in [-0.1, -0.05) is 26.0 Å². The van der Waals surface area contributed by atoms with Crippen molar-refractivity contribution in [1.82, 2.24) is 4.90 Å². The van der Waals surface area contributed by atoms with Gasteiger partial charge in [-0.25, -0.2) is 9.18 Å². The van der Waals surface area contributed by atoms with E-state index < -0.39 is 47.5 Å². The first-order chi connectivity index (χ1) is 20.9. The number of hydrogen-bond acceptors (Lipinski definition) is 3. The molecule has 0 aromatic heterocycles. The summed E-state index contributed by atoms with van der Waals surface area (Å²) < 4.78 is 109. The smallest absolute Gasteiger partial charge is 0.416 e. The predicted octanol–water partition coefficient (Wildman–Crippen LogP) is 10.3. The fourth-order valence-corrected chi connectivity index (χ4v) is 6.26. The molecule has 1 fully saturated rings. The van der Waals surface area contributed by atoms with Crippen molar-refractivity contribution in [2.75, 3.05) is 13.7 Å². The van der Waals surface area contributed by atoms with Crippen LogP contribution in [0.2, 0.25) is 0 Å². The van der Waals surface area contributed by atoms with Crippen LogP contribution < -0.4 is 4.74 Å². The van der Waals surface area contributed by atoms with E-state index in [2.05, 4.69) is 22.6 Å². The Balaban J connectivity index is 1.73. The van der Waals surface area contributed by atoms with E-state index >= 15 is 0 Å². The van der Waals surface area contributed by atoms with Gasteiger partial charge in [0, 0.05) is 15.2 Å². The summed E-state index contributed by atoms with van der Waals surface area (Å²) in [5.74, 6) is -0.453. The Bertz CT molecular complexity index is 1770. The van der Waals surface area contributed by atoms with Crippen LogP contribution in [0.15, 0.2) is 60.7 Å². The van der Waals surface area contributed by atoms with E-state index in [0.29, 0.717) is 34.4 Å². The fraction of sp³-hybridized carbons (Fsp3) is 0.303. The summed E-state index contributed by atoms with van der Waals surface area (Å²) in [5.41, 5.74) is -3.11. The molecule has 0 radical (unpaired) electrons. The van der Waals surface area contributed by atoms with Gasteiger partial charge in [-0.3, -0.25) is 4.90 Å². The first kappa shape index (κ1) is 32.8. The van der Waals surface area contributed by atoms with Gasteiger partial charge in [0.2, 0.25) is 0 Å². The number of hydrogen-bond donors (Lipinski definition) is 0. The molecule has 1 unspecified atom stereocenters. The van der Waals surface area contributed by atoms with Crippen LogP contribution in [0.4, 0.5) is 35.5 Å². The van der Waals surface area contributed by atoms with Crippen LogP contribution in [0, 0.1) is 9.39 Å². The van der Waals surface area contributed by atoms with Crippen molar-refractivity contribution < 1.29 is 45.0 Å². The van der Waals surface area contributed by atoms with Crippen LogP contribution in [0.25, 0.3) is 21.9 Å². The lowest BCUT2D eigenvalue weighted by Crippen LogP contribution is -2.42. The van der Waals surface area contributed by atoms with Crippen LogP contribution >= 0.6 is 22.6 Å². The number of amides is 1. The van der Waals surface area contributed by atoms with E-state index in [1.165, 1.54) is 20.1 Å². The first-order valence-electron chi connectivity index (χ1n) is 13.8. The lowest BCUT2D eigenvalue weighted by molar-refractivity contribution is -0.143. The number of nitrogens with zero attached hydrogens (tertiary/aromatic N) is 1. The lowest BCUT2D eigenvalue weighted by atomic mass is 9.87. The summed E-state index contributed by atoms with van der Waals surface area (Å²) >= 11 is 2.17. The van der Waals surface area contributed by atoms with Gasteiger partial charge in [0.05, 0.1) is 24.8 Å². The van der Waals surface area contributed by atoms with Crippen LogP contribution in [0.3, 0.4) is 0 Å². The molecule has 5 rings (SSSR count). The Morgan fingerprint density at radius 3 is 2.18 bits per heavy atom. The highest BCUT2D eigenvalue weighted by molar-refractivity contribution is 14.1. The number of rotatable bonds is 6. The summed E-state index contributed by atoms with van der Waals surface area (Å²) in [6, 6.07) is 13.4. The zero-order chi connectivity index (χ0) is 33.1. The van der Waals surface area contributed by atoms with E-state index in [9.17, 15) is 35.5 Å². The van der Waals surface area contributed by atoms with Gasteiger partial charge in [-0.2, -0.15) is 26.3 Å². The van der Waals surface area contributed by atoms with Crippen molar-refractivity contribution in [2.24, 2.45) is 0 Å². The van der Waals surface area contributed by atoms with Crippen molar-refractivity contribution in [3.8, 4) is 16.9 Å². The standard InChI is InChI=1S/C33H27F7INO3/c1-17(2)23-12-26(29(44-4)14-27(23)34)24-13-25-18(6-5-7-28(25)41)8-19(24)15-42-30(43)45-16-31(42,3)20-9-21(32(35,36)37)11-22(10-20)33(38,39)40/h5-14,17H,15-16H2,1-4H3. The second-order valence-corrected chi connectivity index (χ2v) is 12.6. The topological polar surface area (TPSA) is 38.8 Å². The van der Waals surface area contributed by atoms with Crippen LogP contribution in [0.5, 0.6) is 5.75 Å². The molecule has 1 heterocycles. The van der Waals surface area contributed by atoms with Crippen LogP contribution in [-0.4, -0.2) is 24.7 Å². The molecule has 4 aromatic rings. The molecule has 12 heteroatoms. The Labute approximate surface area is 268 Å². The van der Waals surface area contributed by atoms with E-state index in [4.69, 9.17) is 9.47 Å². The first-order valence-corrected chi connectivity index (χ1v) is 14.8. The Hall–Kier alpha value is -3.55. The van der Waals surface area contributed by atoms with Crippen molar-refractivity contribution in [3.63, 3.8) is 0 Å². The monoisotopic (exact) mass is 745 g/mol. The molecule has 4 aromatic carbocycles. The highest BCUT2D eigenvalue weighted by Gasteiger charge is 2.48. The number of carbonyl (C=O) groups excluding carboxylic acids is 1. The zero-order valence-corrected chi connectivity index (χ0v) is 26.6. The molecule has 0 saturated carbocycles. The highest BCUT2D eigenvalue weighted by Crippen LogP contribution is 2.45. The molecule has 1 aliphatic heterocycles. The summed E-state index contributed by atoms with van der Waals surface area (Å²) in [6.07, 6.45) is -11.1. The zero-order valence-electron chi connectivity index (χ0n) is 24.5. The normalized spacial score (nSPS) is 17.4. The predicted molar refractivity (Wildman–Crippen MR) is 163 cm³/mol. The molecule has 1 saturated heterocycles. The van der Waals surface area contributed by atoms with Gasteiger partial charge in [-0.15, -0.1) is 0 Å². The second-order valence-electron chi connectivity index (χ2n) is 11.4.